The molecule has 0 aliphatic rings. The molecule has 0 aliphatic heterocycles. The minimum absolute atomic E-state index is 0.0851. The minimum Gasteiger partial charge on any atom is -0.379 e. The van der Waals surface area contributed by atoms with Crippen LogP contribution < -0.4 is 5.32 Å². The molecule has 1 N–H and O–H groups in total. The van der Waals surface area contributed by atoms with Crippen molar-refractivity contribution in [2.75, 3.05) is 5.32 Å². The third kappa shape index (κ3) is 3.29. The molecule has 1 heterocycles. The summed E-state index contributed by atoms with van der Waals surface area (Å²) in [5.41, 5.74) is 1.86. The molecular formula is C14H17FN2S. The second-order valence-corrected chi connectivity index (χ2v) is 6.12. The topological polar surface area (TPSA) is 24.9 Å². The van der Waals surface area contributed by atoms with Crippen LogP contribution >= 0.6 is 11.3 Å². The van der Waals surface area contributed by atoms with Crippen LogP contribution in [-0.2, 0) is 12.0 Å². The molecule has 0 bridgehead atoms. The van der Waals surface area contributed by atoms with Crippen molar-refractivity contribution in [2.45, 2.75) is 32.7 Å². The molecule has 4 heteroatoms. The second-order valence-electron chi connectivity index (χ2n) is 5.26. The molecule has 0 spiro atoms. The maximum Gasteiger partial charge on any atom is 0.125 e. The first-order valence-corrected chi connectivity index (χ1v) is 6.77. The van der Waals surface area contributed by atoms with E-state index in [0.717, 1.165) is 16.4 Å². The molecule has 18 heavy (non-hydrogen) atoms. The summed E-state index contributed by atoms with van der Waals surface area (Å²) in [5, 5.41) is 6.34. The molecule has 2 nitrogen and oxygen atoms in total. The van der Waals surface area contributed by atoms with Gasteiger partial charge in [-0.15, -0.1) is 11.3 Å². The van der Waals surface area contributed by atoms with Crippen LogP contribution in [0.25, 0.3) is 0 Å². The highest BCUT2D eigenvalue weighted by Crippen LogP contribution is 2.25. The molecule has 0 atom stereocenters. The zero-order chi connectivity index (χ0) is 13.2. The Morgan fingerprint density at radius 1 is 1.33 bits per heavy atom. The number of hydrogen-bond acceptors (Lipinski definition) is 3. The number of benzene rings is 1. The van der Waals surface area contributed by atoms with Crippen molar-refractivity contribution in [1.82, 2.24) is 4.98 Å². The summed E-state index contributed by atoms with van der Waals surface area (Å²) in [6.45, 7) is 7.07. The third-order valence-corrected chi connectivity index (χ3v) is 3.81. The largest absolute Gasteiger partial charge is 0.379 e. The molecule has 0 radical (unpaired) electrons. The van der Waals surface area contributed by atoms with Crippen molar-refractivity contribution in [3.8, 4) is 0 Å². The number of aromatic nitrogens is 1. The van der Waals surface area contributed by atoms with E-state index in [4.69, 9.17) is 0 Å². The van der Waals surface area contributed by atoms with Gasteiger partial charge in [0.15, 0.2) is 0 Å². The maximum atomic E-state index is 13.0. The summed E-state index contributed by atoms with van der Waals surface area (Å²) in [4.78, 5) is 4.58. The number of rotatable bonds is 3. The van der Waals surface area contributed by atoms with Crippen LogP contribution in [0.4, 0.5) is 10.1 Å². The summed E-state index contributed by atoms with van der Waals surface area (Å²) in [6.07, 6.45) is 0. The minimum atomic E-state index is -0.228. The lowest BCUT2D eigenvalue weighted by Gasteiger charge is -2.13. The Morgan fingerprint density at radius 3 is 2.72 bits per heavy atom. The number of hydrogen-bond donors (Lipinski definition) is 1. The van der Waals surface area contributed by atoms with E-state index in [1.54, 1.807) is 17.4 Å². The Kier molecular flexibility index (Phi) is 3.66. The summed E-state index contributed by atoms with van der Waals surface area (Å²) in [7, 11) is 0. The van der Waals surface area contributed by atoms with Gasteiger partial charge >= 0.3 is 0 Å². The molecule has 0 aliphatic carbocycles. The lowest BCUT2D eigenvalue weighted by atomic mass is 9.98. The Morgan fingerprint density at radius 2 is 2.11 bits per heavy atom. The van der Waals surface area contributed by atoms with Gasteiger partial charge in [0, 0.05) is 16.5 Å². The normalized spacial score (nSPS) is 11.6. The average molecular weight is 264 g/mol. The van der Waals surface area contributed by atoms with Crippen molar-refractivity contribution in [2.24, 2.45) is 0 Å². The Bertz CT molecular complexity index is 529. The van der Waals surface area contributed by atoms with Crippen molar-refractivity contribution >= 4 is 17.0 Å². The zero-order valence-corrected chi connectivity index (χ0v) is 11.6. The number of anilines is 1. The van der Waals surface area contributed by atoms with Crippen molar-refractivity contribution in [1.29, 1.82) is 0 Å². The Labute approximate surface area is 111 Å². The first-order valence-electron chi connectivity index (χ1n) is 5.89. The highest BCUT2D eigenvalue weighted by Gasteiger charge is 2.17. The zero-order valence-electron chi connectivity index (χ0n) is 10.8. The number of halogens is 1. The molecule has 1 aromatic heterocycles. The fourth-order valence-electron chi connectivity index (χ4n) is 1.52. The smallest absolute Gasteiger partial charge is 0.125 e. The van der Waals surface area contributed by atoms with Gasteiger partial charge in [-0.3, -0.25) is 0 Å². The van der Waals surface area contributed by atoms with Crippen LogP contribution in [0.2, 0.25) is 0 Å². The van der Waals surface area contributed by atoms with Gasteiger partial charge in [0.2, 0.25) is 0 Å². The molecule has 1 aromatic carbocycles. The van der Waals surface area contributed by atoms with E-state index in [-0.39, 0.29) is 11.2 Å². The van der Waals surface area contributed by atoms with E-state index in [2.05, 4.69) is 31.1 Å². The lowest BCUT2D eigenvalue weighted by molar-refractivity contribution is 0.583. The first-order chi connectivity index (χ1) is 8.45. The van der Waals surface area contributed by atoms with Crippen LogP contribution in [0, 0.1) is 5.82 Å². The Balaban J connectivity index is 2.01. The molecule has 0 amide bonds. The highest BCUT2D eigenvalue weighted by molar-refractivity contribution is 7.09. The van der Waals surface area contributed by atoms with Gasteiger partial charge in [0.05, 0.1) is 17.2 Å². The van der Waals surface area contributed by atoms with Crippen LogP contribution in [-0.4, -0.2) is 4.98 Å². The fourth-order valence-corrected chi connectivity index (χ4v) is 2.43. The van der Waals surface area contributed by atoms with Crippen LogP contribution in [0.1, 0.15) is 31.5 Å². The van der Waals surface area contributed by atoms with Crippen molar-refractivity contribution in [3.63, 3.8) is 0 Å². The van der Waals surface area contributed by atoms with Gasteiger partial charge < -0.3 is 5.32 Å². The van der Waals surface area contributed by atoms with Gasteiger partial charge in [-0.1, -0.05) is 26.8 Å². The van der Waals surface area contributed by atoms with Gasteiger partial charge in [-0.25, -0.2) is 9.37 Å². The summed E-state index contributed by atoms with van der Waals surface area (Å²) in [5.74, 6) is -0.228. The molecule has 2 aromatic rings. The van der Waals surface area contributed by atoms with E-state index in [1.807, 2.05) is 11.4 Å². The standard InChI is InChI=1S/C14H17FN2S/c1-14(2,3)13-17-12(9-18-13)8-16-11-6-4-5-10(15)7-11/h4-7,9,16H,8H2,1-3H3. The maximum absolute atomic E-state index is 13.0. The molecule has 0 saturated carbocycles. The molecular weight excluding hydrogens is 247 g/mol. The Hall–Kier alpha value is -1.42. The van der Waals surface area contributed by atoms with Crippen LogP contribution in [0.15, 0.2) is 29.6 Å². The molecule has 0 unspecified atom stereocenters. The van der Waals surface area contributed by atoms with E-state index < -0.39 is 0 Å². The van der Waals surface area contributed by atoms with E-state index >= 15 is 0 Å². The molecule has 0 fully saturated rings. The quantitative estimate of drug-likeness (QED) is 0.899. The number of nitrogens with zero attached hydrogens (tertiary/aromatic N) is 1. The predicted octanol–water partition coefficient (Wildman–Crippen LogP) is 4.19. The molecule has 96 valence electrons. The van der Waals surface area contributed by atoms with Gasteiger partial charge in [0.1, 0.15) is 5.82 Å². The summed E-state index contributed by atoms with van der Waals surface area (Å²) >= 11 is 1.67. The fraction of sp³-hybridized carbons (Fsp3) is 0.357. The monoisotopic (exact) mass is 264 g/mol. The molecule has 2 rings (SSSR count). The third-order valence-electron chi connectivity index (χ3n) is 2.49. The number of thiazole rings is 1. The lowest BCUT2D eigenvalue weighted by Crippen LogP contribution is -2.11. The summed E-state index contributed by atoms with van der Waals surface area (Å²) < 4.78 is 13.0. The molecule has 0 saturated heterocycles. The summed E-state index contributed by atoms with van der Waals surface area (Å²) in [6, 6.07) is 6.46. The van der Waals surface area contributed by atoms with E-state index in [9.17, 15) is 4.39 Å². The van der Waals surface area contributed by atoms with Crippen LogP contribution in [0.3, 0.4) is 0 Å². The highest BCUT2D eigenvalue weighted by atomic mass is 32.1. The van der Waals surface area contributed by atoms with Crippen molar-refractivity contribution < 1.29 is 4.39 Å². The first kappa shape index (κ1) is 13.0. The van der Waals surface area contributed by atoms with Crippen molar-refractivity contribution in [3.05, 3.63) is 46.2 Å². The second kappa shape index (κ2) is 5.06. The number of nitrogens with one attached hydrogen (secondary N) is 1. The van der Waals surface area contributed by atoms with Gasteiger partial charge in [-0.2, -0.15) is 0 Å². The predicted molar refractivity (Wildman–Crippen MR) is 74.5 cm³/mol. The average Bonchev–Trinajstić information content (AvgIpc) is 2.74. The van der Waals surface area contributed by atoms with Gasteiger partial charge in [-0.05, 0) is 18.2 Å². The SMILES string of the molecule is CC(C)(C)c1nc(CNc2cccc(F)c2)cs1. The van der Waals surface area contributed by atoms with Gasteiger partial charge in [0.25, 0.3) is 0 Å². The van der Waals surface area contributed by atoms with E-state index in [1.165, 1.54) is 12.1 Å². The van der Waals surface area contributed by atoms with Crippen LogP contribution in [0.5, 0.6) is 0 Å². The van der Waals surface area contributed by atoms with E-state index in [0.29, 0.717) is 6.54 Å².